The predicted molar refractivity (Wildman–Crippen MR) is 136 cm³/mol. The number of carbonyl (C=O) groups is 1. The highest BCUT2D eigenvalue weighted by Gasteiger charge is 2.58. The number of rotatable bonds is 7. The van der Waals surface area contributed by atoms with Crippen LogP contribution in [0.5, 0.6) is 5.75 Å². The molecule has 0 bridgehead atoms. The number of alkyl halides is 3. The quantitative estimate of drug-likeness (QED) is 0.390. The first-order valence-electron chi connectivity index (χ1n) is 13.7. The maximum absolute atomic E-state index is 14.7. The van der Waals surface area contributed by atoms with Gasteiger partial charge in [-0.2, -0.15) is 13.2 Å². The van der Waals surface area contributed by atoms with Gasteiger partial charge in [-0.3, -0.25) is 9.78 Å². The molecule has 1 saturated carbocycles. The van der Waals surface area contributed by atoms with Crippen molar-refractivity contribution in [1.82, 2.24) is 14.8 Å². The van der Waals surface area contributed by atoms with Crippen LogP contribution in [0.15, 0.2) is 36.5 Å². The molecule has 1 aromatic heterocycles. The van der Waals surface area contributed by atoms with Gasteiger partial charge in [0.05, 0.1) is 29.5 Å². The van der Waals surface area contributed by atoms with Crippen LogP contribution in [0.4, 0.5) is 17.6 Å². The number of hydrogen-bond donors (Lipinski definition) is 0. The molecule has 1 aromatic carbocycles. The number of nitrogens with zero attached hydrogens (tertiary/aromatic N) is 3. The normalized spacial score (nSPS) is 22.1. The summed E-state index contributed by atoms with van der Waals surface area (Å²) in [6, 6.07) is 8.12. The van der Waals surface area contributed by atoms with Gasteiger partial charge in [0, 0.05) is 25.2 Å². The highest BCUT2D eigenvalue weighted by molar-refractivity contribution is 5.95. The number of likely N-dealkylation sites (tertiary alicyclic amines) is 2. The molecule has 38 heavy (non-hydrogen) atoms. The fourth-order valence-electron chi connectivity index (χ4n) is 5.90. The molecule has 3 aliphatic rings. The van der Waals surface area contributed by atoms with Gasteiger partial charge in [0.25, 0.3) is 5.91 Å². The van der Waals surface area contributed by atoms with Crippen molar-refractivity contribution >= 4 is 5.91 Å². The summed E-state index contributed by atoms with van der Waals surface area (Å²) in [5.74, 6) is 0.0505. The van der Waals surface area contributed by atoms with E-state index in [1.165, 1.54) is 12.1 Å². The second-order valence-corrected chi connectivity index (χ2v) is 11.1. The zero-order valence-corrected chi connectivity index (χ0v) is 21.6. The molecule has 2 aromatic rings. The van der Waals surface area contributed by atoms with Crippen LogP contribution in [-0.2, 0) is 0 Å². The lowest BCUT2D eigenvalue weighted by atomic mass is 9.67. The number of amides is 1. The van der Waals surface area contributed by atoms with Crippen LogP contribution in [-0.4, -0.2) is 66.2 Å². The van der Waals surface area contributed by atoms with Crippen molar-refractivity contribution in [3.8, 4) is 17.0 Å². The maximum Gasteiger partial charge on any atom is 0.395 e. The minimum absolute atomic E-state index is 0.0823. The van der Waals surface area contributed by atoms with E-state index >= 15 is 0 Å². The summed E-state index contributed by atoms with van der Waals surface area (Å²) in [6.07, 6.45) is 3.12. The highest BCUT2D eigenvalue weighted by atomic mass is 19.4. The Bertz CT molecular complexity index is 1110. The lowest BCUT2D eigenvalue weighted by Gasteiger charge is -2.46. The lowest BCUT2D eigenvalue weighted by Crippen LogP contribution is -2.52. The minimum Gasteiger partial charge on any atom is -0.492 e. The Morgan fingerprint density at radius 2 is 1.79 bits per heavy atom. The molecule has 2 aliphatic heterocycles. The van der Waals surface area contributed by atoms with E-state index in [0.717, 1.165) is 32.1 Å². The molecule has 0 spiro atoms. The van der Waals surface area contributed by atoms with Crippen LogP contribution in [0.1, 0.15) is 61.7 Å². The summed E-state index contributed by atoms with van der Waals surface area (Å²) in [5, 5.41) is 0. The predicted octanol–water partition coefficient (Wildman–Crippen LogP) is 6.34. The smallest absolute Gasteiger partial charge is 0.395 e. The van der Waals surface area contributed by atoms with E-state index in [9.17, 15) is 22.4 Å². The monoisotopic (exact) mass is 533 g/mol. The number of aromatic nitrogens is 1. The van der Waals surface area contributed by atoms with Crippen LogP contribution in [0.25, 0.3) is 11.3 Å². The maximum atomic E-state index is 14.7. The van der Waals surface area contributed by atoms with Gasteiger partial charge in [-0.15, -0.1) is 0 Å². The molecule has 5 rings (SSSR count). The molecule has 5 nitrogen and oxygen atoms in total. The molecule has 3 heterocycles. The van der Waals surface area contributed by atoms with E-state index in [2.05, 4.69) is 4.98 Å². The SMILES string of the molecule is O=C(c1ccc(-c2ccc(OCC3CCCN(CC4(C(F)(F)F)CCC4)CC3)cn2)cc1F)N1CCCC1. The number of hydrogen-bond acceptors (Lipinski definition) is 4. The summed E-state index contributed by atoms with van der Waals surface area (Å²) in [7, 11) is 0. The molecule has 9 heteroatoms. The van der Waals surface area contributed by atoms with E-state index in [0.29, 0.717) is 56.2 Å². The zero-order chi connectivity index (χ0) is 26.8. The average Bonchev–Trinajstić information content (AvgIpc) is 3.32. The zero-order valence-electron chi connectivity index (χ0n) is 21.6. The fourth-order valence-corrected chi connectivity index (χ4v) is 5.90. The highest BCUT2D eigenvalue weighted by Crippen LogP contribution is 2.53. The van der Waals surface area contributed by atoms with Gasteiger partial charge >= 0.3 is 6.18 Å². The Labute approximate surface area is 221 Å². The second-order valence-electron chi connectivity index (χ2n) is 11.1. The standard InChI is InChI=1S/C29H35F4N3O2/c30-25-17-22(6-8-24(25)27(37)36-14-1-2-15-36)26-9-7-23(18-34-26)38-19-21-5-3-13-35(16-10-21)20-28(11-4-12-28)29(31,32)33/h6-9,17-18,21H,1-5,10-16,19-20H2. The third-order valence-electron chi connectivity index (χ3n) is 8.49. The van der Waals surface area contributed by atoms with Crippen molar-refractivity contribution in [3.05, 3.63) is 47.9 Å². The minimum atomic E-state index is -4.13. The Hall–Kier alpha value is -2.68. The number of carbonyl (C=O) groups excluding carboxylic acids is 1. The van der Waals surface area contributed by atoms with Gasteiger partial charge in [-0.25, -0.2) is 4.39 Å². The second kappa shape index (κ2) is 11.2. The third-order valence-corrected chi connectivity index (χ3v) is 8.49. The van der Waals surface area contributed by atoms with Crippen LogP contribution >= 0.6 is 0 Å². The Kier molecular flexibility index (Phi) is 7.93. The third kappa shape index (κ3) is 5.82. The van der Waals surface area contributed by atoms with Gasteiger partial charge in [-0.1, -0.05) is 12.5 Å². The first-order chi connectivity index (χ1) is 18.2. The van der Waals surface area contributed by atoms with E-state index in [-0.39, 0.29) is 36.8 Å². The summed E-state index contributed by atoms with van der Waals surface area (Å²) >= 11 is 0. The van der Waals surface area contributed by atoms with Gasteiger partial charge < -0.3 is 14.5 Å². The first-order valence-corrected chi connectivity index (χ1v) is 13.7. The molecule has 1 aliphatic carbocycles. The molecule has 3 fully saturated rings. The molecule has 1 amide bonds. The van der Waals surface area contributed by atoms with Gasteiger partial charge in [-0.05, 0) is 88.2 Å². The van der Waals surface area contributed by atoms with Crippen LogP contribution in [0.3, 0.4) is 0 Å². The van der Waals surface area contributed by atoms with E-state index < -0.39 is 17.4 Å². The molecular formula is C29H35F4N3O2. The van der Waals surface area contributed by atoms with Crippen molar-refractivity contribution in [3.63, 3.8) is 0 Å². The van der Waals surface area contributed by atoms with E-state index in [1.54, 1.807) is 29.3 Å². The van der Waals surface area contributed by atoms with Crippen LogP contribution in [0, 0.1) is 17.2 Å². The molecule has 206 valence electrons. The van der Waals surface area contributed by atoms with Crippen molar-refractivity contribution in [2.24, 2.45) is 11.3 Å². The summed E-state index contributed by atoms with van der Waals surface area (Å²) in [4.78, 5) is 20.6. The molecule has 1 atom stereocenters. The topological polar surface area (TPSA) is 45.7 Å². The largest absolute Gasteiger partial charge is 0.492 e. The van der Waals surface area contributed by atoms with Gasteiger partial charge in [0.15, 0.2) is 0 Å². The average molecular weight is 534 g/mol. The van der Waals surface area contributed by atoms with Crippen molar-refractivity contribution in [2.45, 2.75) is 57.5 Å². The van der Waals surface area contributed by atoms with Gasteiger partial charge in [0.2, 0.25) is 0 Å². The Morgan fingerprint density at radius 1 is 1.00 bits per heavy atom. The lowest BCUT2D eigenvalue weighted by molar-refractivity contribution is -0.256. The summed E-state index contributed by atoms with van der Waals surface area (Å²) in [6.45, 7) is 3.29. The Balaban J connectivity index is 1.12. The first kappa shape index (κ1) is 26.9. The number of pyridine rings is 1. The molecular weight excluding hydrogens is 498 g/mol. The number of halogens is 4. The van der Waals surface area contributed by atoms with Gasteiger partial charge in [0.1, 0.15) is 11.6 Å². The molecule has 2 saturated heterocycles. The van der Waals surface area contributed by atoms with E-state index in [1.807, 2.05) is 4.90 Å². The van der Waals surface area contributed by atoms with Crippen LogP contribution in [0.2, 0.25) is 0 Å². The van der Waals surface area contributed by atoms with Crippen molar-refractivity contribution in [2.75, 3.05) is 39.3 Å². The summed E-state index contributed by atoms with van der Waals surface area (Å²) in [5.41, 5.74) is -0.266. The number of ether oxygens (including phenoxy) is 1. The molecule has 1 unspecified atom stereocenters. The fraction of sp³-hybridized carbons (Fsp3) is 0.586. The van der Waals surface area contributed by atoms with Crippen molar-refractivity contribution < 1.29 is 27.1 Å². The van der Waals surface area contributed by atoms with E-state index in [4.69, 9.17) is 4.74 Å². The molecule has 0 N–H and O–H groups in total. The Morgan fingerprint density at radius 3 is 2.42 bits per heavy atom. The molecule has 0 radical (unpaired) electrons. The summed E-state index contributed by atoms with van der Waals surface area (Å²) < 4.78 is 61.4. The van der Waals surface area contributed by atoms with Crippen LogP contribution < -0.4 is 4.74 Å². The van der Waals surface area contributed by atoms with Crippen molar-refractivity contribution in [1.29, 1.82) is 0 Å². The number of benzene rings is 1.